The van der Waals surface area contributed by atoms with Gasteiger partial charge in [0.1, 0.15) is 0 Å². The Hall–Kier alpha value is 0.1000. The minimum absolute atomic E-state index is 1.17. The van der Waals surface area contributed by atoms with E-state index in [0.29, 0.717) is 0 Å². The molecule has 0 aromatic carbocycles. The van der Waals surface area contributed by atoms with Crippen LogP contribution in [0.1, 0.15) is 28.7 Å². The number of nitrogens with zero attached hydrogens (tertiary/aromatic N) is 1. The first-order valence-corrected chi connectivity index (χ1v) is 9.45. The number of hydrogen-bond acceptors (Lipinski definition) is 4. The topological polar surface area (TPSA) is 3.24 Å². The minimum atomic E-state index is 1.17. The average molecular weight is 298 g/mol. The van der Waals surface area contributed by atoms with Crippen LogP contribution in [0.15, 0.2) is 10.3 Å². The molecule has 2 aliphatic heterocycles. The Labute approximate surface area is 122 Å². The van der Waals surface area contributed by atoms with Crippen molar-refractivity contribution in [2.45, 2.75) is 26.3 Å². The Morgan fingerprint density at radius 3 is 2.94 bits per heavy atom. The summed E-state index contributed by atoms with van der Waals surface area (Å²) in [4.78, 5) is 5.61. The molecule has 0 bridgehead atoms. The van der Waals surface area contributed by atoms with Gasteiger partial charge < -0.3 is 0 Å². The second-order valence-electron chi connectivity index (χ2n) is 4.73. The van der Waals surface area contributed by atoms with Crippen LogP contribution in [0.3, 0.4) is 0 Å². The third-order valence-corrected chi connectivity index (χ3v) is 7.07. The summed E-state index contributed by atoms with van der Waals surface area (Å²) in [5.41, 5.74) is 1.60. The summed E-state index contributed by atoms with van der Waals surface area (Å²) in [7, 11) is 0. The highest BCUT2D eigenvalue weighted by Gasteiger charge is 2.17. The summed E-state index contributed by atoms with van der Waals surface area (Å²) in [5, 5.41) is 0. The molecule has 0 amide bonds. The molecule has 0 N–H and O–H groups in total. The SMILES string of the molecule is CCN1CCc2cc(C=C3SCCCS3)sc2C1. The van der Waals surface area contributed by atoms with Crippen molar-refractivity contribution in [3.05, 3.63) is 25.6 Å². The summed E-state index contributed by atoms with van der Waals surface area (Å²) in [6, 6.07) is 2.43. The fourth-order valence-corrected chi connectivity index (χ4v) is 6.15. The molecule has 0 spiro atoms. The van der Waals surface area contributed by atoms with E-state index in [0.717, 1.165) is 0 Å². The average Bonchev–Trinajstić information content (AvgIpc) is 2.80. The molecule has 2 aliphatic rings. The van der Waals surface area contributed by atoms with Crippen molar-refractivity contribution in [2.24, 2.45) is 0 Å². The molecule has 1 fully saturated rings. The zero-order chi connectivity index (χ0) is 12.4. The molecule has 1 aromatic heterocycles. The lowest BCUT2D eigenvalue weighted by Crippen LogP contribution is -2.28. The number of fused-ring (bicyclic) bond motifs is 1. The lowest BCUT2D eigenvalue weighted by molar-refractivity contribution is 0.271. The van der Waals surface area contributed by atoms with Gasteiger partial charge in [-0.2, -0.15) is 0 Å². The first kappa shape index (κ1) is 13.1. The maximum Gasteiger partial charge on any atom is 0.0415 e. The van der Waals surface area contributed by atoms with E-state index in [1.165, 1.54) is 53.1 Å². The number of thiophene rings is 1. The number of thioether (sulfide) groups is 2. The van der Waals surface area contributed by atoms with Gasteiger partial charge in [0.15, 0.2) is 0 Å². The van der Waals surface area contributed by atoms with E-state index in [4.69, 9.17) is 0 Å². The van der Waals surface area contributed by atoms with E-state index >= 15 is 0 Å². The van der Waals surface area contributed by atoms with Crippen molar-refractivity contribution in [3.63, 3.8) is 0 Å². The molecule has 98 valence electrons. The Bertz CT molecular complexity index is 442. The van der Waals surface area contributed by atoms with Crippen LogP contribution in [0.5, 0.6) is 0 Å². The monoisotopic (exact) mass is 297 g/mol. The van der Waals surface area contributed by atoms with Gasteiger partial charge >= 0.3 is 0 Å². The van der Waals surface area contributed by atoms with E-state index < -0.39 is 0 Å². The van der Waals surface area contributed by atoms with Crippen LogP contribution in [0, 0.1) is 0 Å². The number of hydrogen-bond donors (Lipinski definition) is 0. The van der Waals surface area contributed by atoms with Crippen LogP contribution in [-0.2, 0) is 13.0 Å². The maximum absolute atomic E-state index is 2.54. The Morgan fingerprint density at radius 2 is 2.17 bits per heavy atom. The van der Waals surface area contributed by atoms with Crippen molar-refractivity contribution in [2.75, 3.05) is 24.6 Å². The Morgan fingerprint density at radius 1 is 1.33 bits per heavy atom. The molecule has 3 heterocycles. The van der Waals surface area contributed by atoms with Crippen LogP contribution in [0.4, 0.5) is 0 Å². The molecule has 0 saturated carbocycles. The van der Waals surface area contributed by atoms with E-state index in [2.05, 4.69) is 24.0 Å². The van der Waals surface area contributed by atoms with Crippen molar-refractivity contribution in [1.82, 2.24) is 4.90 Å². The first-order chi connectivity index (χ1) is 8.85. The van der Waals surface area contributed by atoms with Crippen LogP contribution in [0.25, 0.3) is 6.08 Å². The van der Waals surface area contributed by atoms with Gasteiger partial charge in [0.05, 0.1) is 0 Å². The van der Waals surface area contributed by atoms with Crippen molar-refractivity contribution >= 4 is 40.9 Å². The van der Waals surface area contributed by atoms with E-state index in [1.54, 1.807) is 10.4 Å². The normalized spacial score (nSPS) is 20.8. The molecule has 3 rings (SSSR count). The lowest BCUT2D eigenvalue weighted by atomic mass is 10.1. The second-order valence-corrected chi connectivity index (χ2v) is 8.43. The molecule has 18 heavy (non-hydrogen) atoms. The van der Waals surface area contributed by atoms with Gasteiger partial charge in [-0.15, -0.1) is 34.9 Å². The van der Waals surface area contributed by atoms with Crippen molar-refractivity contribution in [3.8, 4) is 0 Å². The maximum atomic E-state index is 2.54. The molecular weight excluding hydrogens is 278 g/mol. The van der Waals surface area contributed by atoms with Crippen LogP contribution in [-0.4, -0.2) is 29.5 Å². The van der Waals surface area contributed by atoms with E-state index in [1.807, 2.05) is 34.9 Å². The Balaban J connectivity index is 1.76. The molecule has 1 saturated heterocycles. The molecule has 0 aliphatic carbocycles. The quantitative estimate of drug-likeness (QED) is 0.801. The van der Waals surface area contributed by atoms with Gasteiger partial charge in [-0.3, -0.25) is 4.90 Å². The van der Waals surface area contributed by atoms with Gasteiger partial charge in [-0.05, 0) is 48.6 Å². The highest BCUT2D eigenvalue weighted by atomic mass is 32.2. The first-order valence-electron chi connectivity index (χ1n) is 6.66. The highest BCUT2D eigenvalue weighted by molar-refractivity contribution is 8.23. The molecule has 0 atom stereocenters. The molecular formula is C14H19NS3. The molecule has 0 radical (unpaired) electrons. The van der Waals surface area contributed by atoms with E-state index in [9.17, 15) is 0 Å². The second kappa shape index (κ2) is 6.04. The smallest absolute Gasteiger partial charge is 0.0415 e. The summed E-state index contributed by atoms with van der Waals surface area (Å²) >= 11 is 6.06. The fourth-order valence-electron chi connectivity index (χ4n) is 2.38. The van der Waals surface area contributed by atoms with Gasteiger partial charge in [0, 0.05) is 27.1 Å². The van der Waals surface area contributed by atoms with Gasteiger partial charge in [0.25, 0.3) is 0 Å². The predicted molar refractivity (Wildman–Crippen MR) is 86.5 cm³/mol. The molecule has 1 nitrogen and oxygen atoms in total. The standard InChI is InChI=1S/C14H19NS3/c1-2-15-5-4-11-8-12(18-13(11)10-15)9-14-16-6-3-7-17-14/h8-9H,2-7,10H2,1H3. The van der Waals surface area contributed by atoms with Crippen LogP contribution >= 0.6 is 34.9 Å². The summed E-state index contributed by atoms with van der Waals surface area (Å²) in [6.45, 7) is 5.84. The zero-order valence-electron chi connectivity index (χ0n) is 10.8. The third kappa shape index (κ3) is 2.98. The highest BCUT2D eigenvalue weighted by Crippen LogP contribution is 2.38. The zero-order valence-corrected chi connectivity index (χ0v) is 13.2. The predicted octanol–water partition coefficient (Wildman–Crippen LogP) is 4.29. The van der Waals surface area contributed by atoms with Gasteiger partial charge in [0.2, 0.25) is 0 Å². The Kier molecular flexibility index (Phi) is 4.39. The largest absolute Gasteiger partial charge is 0.298 e. The van der Waals surface area contributed by atoms with E-state index in [-0.39, 0.29) is 0 Å². The van der Waals surface area contributed by atoms with Crippen molar-refractivity contribution < 1.29 is 0 Å². The molecule has 1 aromatic rings. The van der Waals surface area contributed by atoms with Crippen molar-refractivity contribution in [1.29, 1.82) is 0 Å². The fraction of sp³-hybridized carbons (Fsp3) is 0.571. The van der Waals surface area contributed by atoms with Gasteiger partial charge in [-0.1, -0.05) is 6.92 Å². The summed E-state index contributed by atoms with van der Waals surface area (Å²) < 4.78 is 1.52. The van der Waals surface area contributed by atoms with Gasteiger partial charge in [-0.25, -0.2) is 0 Å². The number of rotatable bonds is 2. The minimum Gasteiger partial charge on any atom is -0.298 e. The lowest BCUT2D eigenvalue weighted by Gasteiger charge is -2.24. The summed E-state index contributed by atoms with van der Waals surface area (Å²) in [6.07, 6.45) is 5.01. The van der Waals surface area contributed by atoms with Crippen LogP contribution < -0.4 is 0 Å². The third-order valence-electron chi connectivity index (χ3n) is 3.46. The number of likely N-dealkylation sites (N-methyl/N-ethyl adjacent to an activating group) is 1. The summed E-state index contributed by atoms with van der Waals surface area (Å²) in [5.74, 6) is 2.60. The molecule has 0 unspecified atom stereocenters. The van der Waals surface area contributed by atoms with Crippen LogP contribution in [0.2, 0.25) is 0 Å². The molecule has 4 heteroatoms.